The van der Waals surface area contributed by atoms with Gasteiger partial charge in [0.15, 0.2) is 0 Å². The van der Waals surface area contributed by atoms with Gasteiger partial charge in [0, 0.05) is 31.8 Å². The molecule has 0 aliphatic heterocycles. The van der Waals surface area contributed by atoms with Crippen molar-refractivity contribution >= 4 is 16.6 Å². The van der Waals surface area contributed by atoms with Gasteiger partial charge in [-0.2, -0.15) is 0 Å². The highest BCUT2D eigenvalue weighted by Crippen LogP contribution is 2.48. The van der Waals surface area contributed by atoms with E-state index in [-0.39, 0.29) is 18.1 Å². The van der Waals surface area contributed by atoms with Crippen LogP contribution in [0.25, 0.3) is 0 Å². The van der Waals surface area contributed by atoms with Gasteiger partial charge in [-0.25, -0.2) is 0 Å². The van der Waals surface area contributed by atoms with E-state index in [1.165, 1.54) is 0 Å². The van der Waals surface area contributed by atoms with Crippen LogP contribution < -0.4 is 4.74 Å². The van der Waals surface area contributed by atoms with Crippen LogP contribution in [0.15, 0.2) is 48.1 Å². The van der Waals surface area contributed by atoms with E-state index >= 15 is 0 Å². The number of benzene rings is 1. The topological polar surface area (TPSA) is 64.6 Å². The zero-order valence-electron chi connectivity index (χ0n) is 37.3. The Morgan fingerprint density at radius 1 is 0.679 bits per heavy atom. The summed E-state index contributed by atoms with van der Waals surface area (Å²) < 4.78 is 46.5. The zero-order chi connectivity index (χ0) is 40.6. The lowest BCUT2D eigenvalue weighted by Crippen LogP contribution is -2.56. The Kier molecular flexibility index (Phi) is 22.2. The van der Waals surface area contributed by atoms with Crippen LogP contribution >= 0.6 is 0 Å². The summed E-state index contributed by atoms with van der Waals surface area (Å²) in [7, 11) is -3.15. The molecule has 0 heterocycles. The monoisotopic (exact) mass is 779 g/mol. The molecule has 0 aliphatic carbocycles. The molecule has 9 heteroatoms. The highest BCUT2D eigenvalue weighted by Gasteiger charge is 2.53. The Morgan fingerprint density at radius 3 is 1.58 bits per heavy atom. The molecule has 0 N–H and O–H groups in total. The minimum Gasteiger partial charge on any atom is -0.497 e. The van der Waals surface area contributed by atoms with Gasteiger partial charge in [-0.05, 0) is 90.6 Å². The molecule has 3 atom stereocenters. The van der Waals surface area contributed by atoms with Gasteiger partial charge in [0.05, 0.1) is 32.5 Å². The average Bonchev–Trinajstić information content (AvgIpc) is 3.08. The number of hydrogen-bond donors (Lipinski definition) is 0. The second-order valence-electron chi connectivity index (χ2n) is 16.6. The third-order valence-electron chi connectivity index (χ3n) is 11.2. The number of rotatable bonds is 27. The average molecular weight is 779 g/mol. The third kappa shape index (κ3) is 13.4. The van der Waals surface area contributed by atoms with E-state index in [0.717, 1.165) is 23.3 Å². The first kappa shape index (κ1) is 49.7. The van der Waals surface area contributed by atoms with Crippen molar-refractivity contribution in [3.63, 3.8) is 0 Å². The molecule has 1 aromatic carbocycles. The van der Waals surface area contributed by atoms with Gasteiger partial charge in [-0.1, -0.05) is 114 Å². The van der Waals surface area contributed by atoms with Gasteiger partial charge in [-0.3, -0.25) is 0 Å². The summed E-state index contributed by atoms with van der Waals surface area (Å²) in [6, 6.07) is 8.12. The predicted octanol–water partition coefficient (Wildman–Crippen LogP) is 12.6. The first-order valence-corrected chi connectivity index (χ1v) is 25.0. The molecule has 0 amide bonds. The highest BCUT2D eigenvalue weighted by molar-refractivity contribution is 6.78. The summed E-state index contributed by atoms with van der Waals surface area (Å²) in [6.07, 6.45) is 6.73. The lowest BCUT2D eigenvalue weighted by atomic mass is 9.90. The Morgan fingerprint density at radius 2 is 1.17 bits per heavy atom. The first-order valence-electron chi connectivity index (χ1n) is 20.7. The smallest absolute Gasteiger partial charge is 0.295 e. The van der Waals surface area contributed by atoms with Crippen LogP contribution in [0.3, 0.4) is 0 Å². The summed E-state index contributed by atoms with van der Waals surface area (Å²) in [5.41, 5.74) is 4.40. The molecular weight excluding hydrogens is 697 g/mol. The number of methoxy groups -OCH3 is 1. The van der Waals surface area contributed by atoms with Gasteiger partial charge < -0.3 is 32.5 Å². The summed E-state index contributed by atoms with van der Waals surface area (Å²) in [5, 5.41) is 0. The Labute approximate surface area is 329 Å². The first-order chi connectivity index (χ1) is 24.8. The van der Waals surface area contributed by atoms with Crippen molar-refractivity contribution in [3.05, 3.63) is 53.6 Å². The largest absolute Gasteiger partial charge is 0.497 e. The molecule has 0 spiro atoms. The number of hydrogen-bond acceptors (Lipinski definition) is 7. The van der Waals surface area contributed by atoms with Gasteiger partial charge in [0.25, 0.3) is 5.97 Å². The highest BCUT2D eigenvalue weighted by atomic mass is 28.4. The quantitative estimate of drug-likeness (QED) is 0.0381. The normalized spacial score (nSPS) is 15.6. The van der Waals surface area contributed by atoms with Crippen LogP contribution in [-0.2, 0) is 34.4 Å². The summed E-state index contributed by atoms with van der Waals surface area (Å²) in [6.45, 7) is 41.1. The summed E-state index contributed by atoms with van der Waals surface area (Å²) >= 11 is 0. The van der Waals surface area contributed by atoms with E-state index in [4.69, 9.17) is 32.5 Å². The molecule has 0 fully saturated rings. The summed E-state index contributed by atoms with van der Waals surface area (Å²) in [5.74, 6) is -0.528. The van der Waals surface area contributed by atoms with Crippen LogP contribution in [0.4, 0.5) is 0 Å². The fraction of sp³-hybridized carbons (Fsp3) is 0.773. The van der Waals surface area contributed by atoms with Gasteiger partial charge in [-0.15, -0.1) is 0 Å². The van der Waals surface area contributed by atoms with Crippen molar-refractivity contribution in [3.8, 4) is 5.75 Å². The molecule has 1 rings (SSSR count). The van der Waals surface area contributed by atoms with E-state index < -0.39 is 22.6 Å². The van der Waals surface area contributed by atoms with Crippen molar-refractivity contribution in [1.82, 2.24) is 0 Å². The Bertz CT molecular complexity index is 1140. The maximum Gasteiger partial charge on any atom is 0.295 e. The van der Waals surface area contributed by atoms with Crippen molar-refractivity contribution in [2.45, 2.75) is 182 Å². The van der Waals surface area contributed by atoms with Crippen LogP contribution in [0.1, 0.15) is 130 Å². The van der Waals surface area contributed by atoms with Crippen molar-refractivity contribution in [2.24, 2.45) is 5.92 Å². The molecule has 0 aliphatic rings. The molecule has 53 heavy (non-hydrogen) atoms. The molecule has 1 aromatic rings. The maximum atomic E-state index is 7.80. The maximum absolute atomic E-state index is 7.80. The van der Waals surface area contributed by atoms with Gasteiger partial charge in [0.1, 0.15) is 5.75 Å². The van der Waals surface area contributed by atoms with E-state index in [9.17, 15) is 0 Å². The molecule has 0 bridgehead atoms. The minimum atomic E-state index is -2.46. The lowest BCUT2D eigenvalue weighted by molar-refractivity contribution is -0.315. The molecule has 0 saturated carbocycles. The van der Waals surface area contributed by atoms with E-state index in [1.807, 2.05) is 32.9 Å². The van der Waals surface area contributed by atoms with E-state index in [1.54, 1.807) is 7.11 Å². The molecule has 7 nitrogen and oxygen atoms in total. The molecular formula is C44H82O7Si2. The summed E-state index contributed by atoms with van der Waals surface area (Å²) in [4.78, 5) is 0. The molecule has 0 unspecified atom stereocenters. The standard InChI is InChI=1S/C44H82O7Si2/c1-19-46-29-23-22-24-42(47-31-40-25-27-41(45-18)28-26-40)39(17)43(50-52(32(4)5,33(6)7)34(8)9)38(16)30-44(48-20-2,49-21-3)51-53(35(10)11,36(12)13)37(14)15/h22-23,25-28,30,32-37,39,42-43H,19-21,24,29,31H2,1-18H3/b23-22+,38-30+/t39-,42-,43-/m0/s1. The second kappa shape index (κ2) is 23.7. The van der Waals surface area contributed by atoms with Crippen molar-refractivity contribution < 1.29 is 32.5 Å². The second-order valence-corrected chi connectivity index (χ2v) is 27.3. The minimum absolute atomic E-state index is 0.0207. The van der Waals surface area contributed by atoms with Crippen molar-refractivity contribution in [2.75, 3.05) is 33.5 Å². The molecule has 308 valence electrons. The van der Waals surface area contributed by atoms with Crippen LogP contribution in [0.2, 0.25) is 33.2 Å². The fourth-order valence-corrected chi connectivity index (χ4v) is 19.9. The molecule has 0 aromatic heterocycles. The fourth-order valence-electron chi connectivity index (χ4n) is 8.86. The SMILES string of the molecule is CCOC/C=C/C[C@H](OCc1ccc(OC)cc1)[C@H](C)[C@@H](O[Si](C(C)C)(C(C)C)C(C)C)/C(C)=C/C(OCC)(OCC)O[Si](C(C)C)(C(C)C)C(C)C. The Hall–Kier alpha value is -1.31. The zero-order valence-corrected chi connectivity index (χ0v) is 39.3. The van der Waals surface area contributed by atoms with Crippen LogP contribution in [-0.4, -0.2) is 68.4 Å². The van der Waals surface area contributed by atoms with Crippen LogP contribution in [0.5, 0.6) is 5.75 Å². The van der Waals surface area contributed by atoms with Gasteiger partial charge in [0.2, 0.25) is 16.6 Å². The van der Waals surface area contributed by atoms with E-state index in [2.05, 4.69) is 127 Å². The lowest BCUT2D eigenvalue weighted by Gasteiger charge is -2.49. The molecule has 0 saturated heterocycles. The predicted molar refractivity (Wildman–Crippen MR) is 229 cm³/mol. The molecule has 0 radical (unpaired) electrons. The number of ether oxygens (including phenoxy) is 5. The van der Waals surface area contributed by atoms with Crippen molar-refractivity contribution in [1.29, 1.82) is 0 Å². The van der Waals surface area contributed by atoms with Gasteiger partial charge >= 0.3 is 0 Å². The Balaban J connectivity index is 4.06. The van der Waals surface area contributed by atoms with E-state index in [0.29, 0.717) is 66.3 Å². The third-order valence-corrected chi connectivity index (χ3v) is 23.4. The van der Waals surface area contributed by atoms with Crippen LogP contribution in [0, 0.1) is 5.92 Å².